The van der Waals surface area contributed by atoms with E-state index in [1.807, 2.05) is 0 Å². The highest BCUT2D eigenvalue weighted by molar-refractivity contribution is 7.48. The van der Waals surface area contributed by atoms with Gasteiger partial charge in [-0.1, -0.05) is 0 Å². The fourth-order valence-corrected chi connectivity index (χ4v) is 2.59. The summed E-state index contributed by atoms with van der Waals surface area (Å²) < 4.78 is 27.9. The molecule has 0 saturated carbocycles. The highest BCUT2D eigenvalue weighted by Gasteiger charge is 2.32. The molecule has 0 aliphatic carbocycles. The van der Waals surface area contributed by atoms with Crippen LogP contribution in [0.2, 0.25) is 0 Å². The molecule has 8 heteroatoms. The summed E-state index contributed by atoms with van der Waals surface area (Å²) >= 11 is 0. The molecule has 0 aromatic heterocycles. The monoisotopic (exact) mass is 269 g/mol. The average molecular weight is 269 g/mol. The van der Waals surface area contributed by atoms with Crippen molar-refractivity contribution in [1.29, 1.82) is 0 Å². The minimum atomic E-state index is -3.68. The van der Waals surface area contributed by atoms with Gasteiger partial charge in [0.05, 0.1) is 18.3 Å². The fraction of sp³-hybridized carbons (Fsp3) is 1.00. The lowest BCUT2D eigenvalue weighted by atomic mass is 10.4. The molecule has 0 amide bonds. The van der Waals surface area contributed by atoms with Crippen molar-refractivity contribution in [3.8, 4) is 0 Å². The van der Waals surface area contributed by atoms with Crippen LogP contribution < -0.4 is 17.2 Å². The van der Waals surface area contributed by atoms with Crippen molar-refractivity contribution < 1.29 is 18.1 Å². The van der Waals surface area contributed by atoms with Gasteiger partial charge in [-0.15, -0.1) is 0 Å². The molecular formula is C9H24N3O4P. The number of phosphoric acid groups is 1. The van der Waals surface area contributed by atoms with Crippen molar-refractivity contribution in [1.82, 2.24) is 0 Å². The summed E-state index contributed by atoms with van der Waals surface area (Å²) in [5.74, 6) is 0. The van der Waals surface area contributed by atoms with E-state index in [1.165, 1.54) is 0 Å². The second kappa shape index (κ2) is 8.16. The summed E-state index contributed by atoms with van der Waals surface area (Å²) in [7, 11) is -3.68. The van der Waals surface area contributed by atoms with Gasteiger partial charge >= 0.3 is 7.82 Å². The zero-order chi connectivity index (χ0) is 13.5. The molecule has 17 heavy (non-hydrogen) atoms. The van der Waals surface area contributed by atoms with Crippen LogP contribution in [0, 0.1) is 0 Å². The van der Waals surface area contributed by atoms with E-state index in [1.54, 1.807) is 20.8 Å². The Labute approximate surface area is 103 Å². The van der Waals surface area contributed by atoms with Gasteiger partial charge in [0, 0.05) is 19.6 Å². The van der Waals surface area contributed by atoms with E-state index < -0.39 is 26.1 Å². The molecule has 0 radical (unpaired) electrons. The van der Waals surface area contributed by atoms with Crippen molar-refractivity contribution in [2.45, 2.75) is 39.1 Å². The van der Waals surface area contributed by atoms with E-state index in [9.17, 15) is 4.57 Å². The maximum atomic E-state index is 12.3. The molecule has 0 spiro atoms. The van der Waals surface area contributed by atoms with Gasteiger partial charge in [0.25, 0.3) is 0 Å². The van der Waals surface area contributed by atoms with Gasteiger partial charge in [-0.3, -0.25) is 13.6 Å². The van der Waals surface area contributed by atoms with Crippen molar-refractivity contribution in [2.75, 3.05) is 19.6 Å². The van der Waals surface area contributed by atoms with Crippen LogP contribution in [-0.2, 0) is 18.1 Å². The summed E-state index contributed by atoms with van der Waals surface area (Å²) in [4.78, 5) is 0. The molecule has 0 aliphatic rings. The lowest BCUT2D eigenvalue weighted by molar-refractivity contribution is 0.0490. The normalized spacial score (nSPS) is 17.8. The van der Waals surface area contributed by atoms with E-state index in [4.69, 9.17) is 30.8 Å². The first-order valence-corrected chi connectivity index (χ1v) is 7.08. The lowest BCUT2D eigenvalue weighted by Gasteiger charge is -2.25. The van der Waals surface area contributed by atoms with Crippen LogP contribution in [0.5, 0.6) is 0 Å². The fourth-order valence-electron chi connectivity index (χ4n) is 0.865. The minimum absolute atomic E-state index is 0.213. The first-order chi connectivity index (χ1) is 7.86. The van der Waals surface area contributed by atoms with E-state index in [0.29, 0.717) is 0 Å². The van der Waals surface area contributed by atoms with E-state index >= 15 is 0 Å². The van der Waals surface area contributed by atoms with E-state index in [2.05, 4.69) is 0 Å². The smallest absolute Gasteiger partial charge is 0.328 e. The molecule has 6 N–H and O–H groups in total. The third-order valence-corrected chi connectivity index (χ3v) is 3.78. The summed E-state index contributed by atoms with van der Waals surface area (Å²) in [6, 6.07) is 0. The Morgan fingerprint density at radius 2 is 1.06 bits per heavy atom. The molecule has 0 saturated heterocycles. The van der Waals surface area contributed by atoms with Gasteiger partial charge in [-0.2, -0.15) is 0 Å². The molecule has 0 unspecified atom stereocenters. The first-order valence-electron chi connectivity index (χ1n) is 5.62. The molecule has 0 rings (SSSR count). The molecule has 0 fully saturated rings. The average Bonchev–Trinajstić information content (AvgIpc) is 2.27. The SMILES string of the molecule is C[C@@H](CN)OP(=O)(O[C@@H](C)CN)O[C@@H](C)CN. The Kier molecular flexibility index (Phi) is 8.15. The molecule has 7 nitrogen and oxygen atoms in total. The van der Waals surface area contributed by atoms with Gasteiger partial charge in [0.2, 0.25) is 0 Å². The van der Waals surface area contributed by atoms with Gasteiger partial charge in [0.1, 0.15) is 0 Å². The maximum Gasteiger partial charge on any atom is 0.475 e. The predicted molar refractivity (Wildman–Crippen MR) is 66.4 cm³/mol. The van der Waals surface area contributed by atoms with Crippen LogP contribution in [0.4, 0.5) is 0 Å². The van der Waals surface area contributed by atoms with Crippen LogP contribution in [0.15, 0.2) is 0 Å². The van der Waals surface area contributed by atoms with Crippen LogP contribution >= 0.6 is 7.82 Å². The highest BCUT2D eigenvalue weighted by Crippen LogP contribution is 2.52. The Bertz CT molecular complexity index is 216. The number of rotatable bonds is 9. The predicted octanol–water partition coefficient (Wildman–Crippen LogP) is 0.186. The third kappa shape index (κ3) is 7.10. The number of nitrogens with two attached hydrogens (primary N) is 3. The van der Waals surface area contributed by atoms with Crippen molar-refractivity contribution in [2.24, 2.45) is 17.2 Å². The topological polar surface area (TPSA) is 123 Å². The summed E-state index contributed by atoms with van der Waals surface area (Å²) in [5, 5.41) is 0. The van der Waals surface area contributed by atoms with Gasteiger partial charge in [-0.05, 0) is 20.8 Å². The number of phosphoric ester groups is 1. The quantitative estimate of drug-likeness (QED) is 0.510. The van der Waals surface area contributed by atoms with Gasteiger partial charge in [-0.25, -0.2) is 4.57 Å². The molecule has 0 aromatic carbocycles. The lowest BCUT2D eigenvalue weighted by Crippen LogP contribution is -2.27. The second-order valence-electron chi connectivity index (χ2n) is 3.90. The Morgan fingerprint density at radius 3 is 1.24 bits per heavy atom. The van der Waals surface area contributed by atoms with Crippen LogP contribution in [-0.4, -0.2) is 37.9 Å². The molecular weight excluding hydrogens is 245 g/mol. The molecule has 104 valence electrons. The van der Waals surface area contributed by atoms with Crippen LogP contribution in [0.1, 0.15) is 20.8 Å². The van der Waals surface area contributed by atoms with Crippen molar-refractivity contribution in [3.63, 3.8) is 0 Å². The Morgan fingerprint density at radius 1 is 0.824 bits per heavy atom. The Balaban J connectivity index is 4.62. The zero-order valence-corrected chi connectivity index (χ0v) is 11.6. The Hall–Kier alpha value is -0.0100. The van der Waals surface area contributed by atoms with Crippen molar-refractivity contribution >= 4 is 7.82 Å². The minimum Gasteiger partial charge on any atom is -0.328 e. The van der Waals surface area contributed by atoms with E-state index in [-0.39, 0.29) is 19.6 Å². The summed E-state index contributed by atoms with van der Waals surface area (Å²) in [5.41, 5.74) is 16.2. The van der Waals surface area contributed by atoms with Crippen LogP contribution in [0.3, 0.4) is 0 Å². The van der Waals surface area contributed by atoms with Crippen LogP contribution in [0.25, 0.3) is 0 Å². The van der Waals surface area contributed by atoms with E-state index in [0.717, 1.165) is 0 Å². The zero-order valence-electron chi connectivity index (χ0n) is 10.7. The number of hydrogen-bond donors (Lipinski definition) is 3. The molecule has 0 bridgehead atoms. The second-order valence-corrected chi connectivity index (χ2v) is 5.43. The number of hydrogen-bond acceptors (Lipinski definition) is 7. The molecule has 3 atom stereocenters. The summed E-state index contributed by atoms with van der Waals surface area (Å²) in [6.45, 7) is 5.68. The third-order valence-electron chi connectivity index (χ3n) is 1.92. The molecule has 0 aliphatic heterocycles. The highest BCUT2D eigenvalue weighted by atomic mass is 31.2. The van der Waals surface area contributed by atoms with Crippen molar-refractivity contribution in [3.05, 3.63) is 0 Å². The largest absolute Gasteiger partial charge is 0.475 e. The first kappa shape index (κ1) is 17.0. The molecule has 0 heterocycles. The summed E-state index contributed by atoms with van der Waals surface area (Å²) in [6.07, 6.45) is -1.30. The maximum absolute atomic E-state index is 12.3. The van der Waals surface area contributed by atoms with Gasteiger partial charge in [0.15, 0.2) is 0 Å². The molecule has 0 aromatic rings. The van der Waals surface area contributed by atoms with Gasteiger partial charge < -0.3 is 17.2 Å². The standard InChI is InChI=1S/C9H24N3O4P/c1-7(4-10)14-17(13,15-8(2)5-11)16-9(3)6-12/h7-9H,4-6,10-12H2,1-3H3/t7-,8-,9-/m0/s1.